The molecule has 4 N–H and O–H groups in total. The van der Waals surface area contributed by atoms with Gasteiger partial charge in [-0.15, -0.1) is 0 Å². The van der Waals surface area contributed by atoms with Crippen molar-refractivity contribution in [3.63, 3.8) is 0 Å². The van der Waals surface area contributed by atoms with E-state index < -0.39 is 24.5 Å². The third kappa shape index (κ3) is 7.42. The summed E-state index contributed by atoms with van der Waals surface area (Å²) in [5.41, 5.74) is 3.90. The Morgan fingerprint density at radius 2 is 1.73 bits per heavy atom. The number of imidazole rings is 1. The Kier molecular flexibility index (Phi) is 10.2. The second-order valence-corrected chi connectivity index (χ2v) is 13.1. The van der Waals surface area contributed by atoms with Crippen LogP contribution < -0.4 is 16.0 Å². The Balaban J connectivity index is 1.22. The maximum Gasteiger partial charge on any atom is 0.293 e. The molecule has 1 aliphatic heterocycles. The van der Waals surface area contributed by atoms with Crippen molar-refractivity contribution in [2.75, 3.05) is 17.2 Å². The van der Waals surface area contributed by atoms with Crippen LogP contribution in [0.25, 0.3) is 11.2 Å². The lowest BCUT2D eigenvalue weighted by Crippen LogP contribution is -2.39. The number of benzene rings is 2. The Labute approximate surface area is 295 Å². The normalized spacial score (nSPS) is 23.3. The quantitative estimate of drug-likeness (QED) is 0.126. The monoisotopic (exact) mass is 694 g/mol. The number of aliphatic hydroxyl groups excluding tert-OH is 1. The van der Waals surface area contributed by atoms with Crippen molar-refractivity contribution in [2.24, 2.45) is 0 Å². The van der Waals surface area contributed by atoms with Crippen LogP contribution in [0.3, 0.4) is 0 Å². The predicted octanol–water partition coefficient (Wildman–Crippen LogP) is 4.65. The Bertz CT molecular complexity index is 1890. The Morgan fingerprint density at radius 1 is 1.04 bits per heavy atom. The van der Waals surface area contributed by atoms with Gasteiger partial charge >= 0.3 is 0 Å². The van der Waals surface area contributed by atoms with E-state index in [1.54, 1.807) is 23.9 Å². The molecule has 2 aliphatic rings. The molecular weight excluding hydrogens is 652 g/mol. The van der Waals surface area contributed by atoms with Gasteiger partial charge in [0.25, 0.3) is 6.47 Å². The maximum atomic E-state index is 11.6. The van der Waals surface area contributed by atoms with Gasteiger partial charge in [-0.3, -0.25) is 14.2 Å². The van der Waals surface area contributed by atoms with Gasteiger partial charge in [-0.05, 0) is 43.2 Å². The lowest BCUT2D eigenvalue weighted by Gasteiger charge is -2.29. The number of aryl methyl sites for hydroxylation is 1. The molecule has 7 rings (SSSR count). The zero-order chi connectivity index (χ0) is 35.3. The molecule has 0 radical (unpaired) electrons. The van der Waals surface area contributed by atoms with Crippen molar-refractivity contribution >= 4 is 35.3 Å². The fraction of sp³-hybridized carbons (Fsp3) is 0.405. The van der Waals surface area contributed by atoms with E-state index in [0.717, 1.165) is 36.8 Å². The third-order valence-electron chi connectivity index (χ3n) is 9.69. The van der Waals surface area contributed by atoms with E-state index in [0.29, 0.717) is 53.8 Å². The van der Waals surface area contributed by atoms with E-state index in [4.69, 9.17) is 28.9 Å². The van der Waals surface area contributed by atoms with E-state index in [1.807, 2.05) is 43.3 Å². The average Bonchev–Trinajstić information content (AvgIpc) is 3.88. The van der Waals surface area contributed by atoms with Crippen molar-refractivity contribution in [3.8, 4) is 0 Å². The molecule has 14 nitrogen and oxygen atoms in total. The molecule has 4 heterocycles. The number of rotatable bonds is 13. The van der Waals surface area contributed by atoms with Crippen LogP contribution in [-0.4, -0.2) is 73.0 Å². The molecular formula is C37H42N8O6. The SMILES string of the molecule is CCc1cc([C@H]2O[C@@H](n3cnc4c(NCC(c5ccccc5)c5ccccc5)nc(NC5CCC(NC(C)=O)CC5)nc43)[C@H](O)[C@@H]2OC=O)on1. The first-order chi connectivity index (χ1) is 24.9. The fourth-order valence-electron chi connectivity index (χ4n) is 7.09. The molecule has 0 spiro atoms. The smallest absolute Gasteiger partial charge is 0.293 e. The van der Waals surface area contributed by atoms with Crippen LogP contribution in [0.4, 0.5) is 11.8 Å². The highest BCUT2D eigenvalue weighted by molar-refractivity contribution is 5.84. The van der Waals surface area contributed by atoms with Gasteiger partial charge in [-0.2, -0.15) is 9.97 Å². The summed E-state index contributed by atoms with van der Waals surface area (Å²) in [6.45, 7) is 4.29. The molecule has 3 aromatic heterocycles. The highest BCUT2D eigenvalue weighted by atomic mass is 16.6. The Hall–Kier alpha value is -5.34. The van der Waals surface area contributed by atoms with Gasteiger partial charge in [0, 0.05) is 37.5 Å². The largest absolute Gasteiger partial charge is 0.458 e. The first-order valence-corrected chi connectivity index (χ1v) is 17.4. The molecule has 5 aromatic rings. The van der Waals surface area contributed by atoms with Gasteiger partial charge in [0.2, 0.25) is 11.9 Å². The highest BCUT2D eigenvalue weighted by Gasteiger charge is 2.49. The molecule has 1 aliphatic carbocycles. The zero-order valence-electron chi connectivity index (χ0n) is 28.5. The molecule has 4 atom stereocenters. The van der Waals surface area contributed by atoms with Crippen LogP contribution in [0, 0.1) is 0 Å². The second-order valence-electron chi connectivity index (χ2n) is 13.1. The van der Waals surface area contributed by atoms with Crippen molar-refractivity contribution in [3.05, 3.63) is 95.6 Å². The number of nitrogens with one attached hydrogen (secondary N) is 3. The van der Waals surface area contributed by atoms with Crippen LogP contribution in [0.15, 0.2) is 77.6 Å². The van der Waals surface area contributed by atoms with Crippen molar-refractivity contribution in [1.82, 2.24) is 30.0 Å². The van der Waals surface area contributed by atoms with Gasteiger partial charge < -0.3 is 35.1 Å². The van der Waals surface area contributed by atoms with E-state index >= 15 is 0 Å². The lowest BCUT2D eigenvalue weighted by molar-refractivity contribution is -0.140. The molecule has 0 unspecified atom stereocenters. The van der Waals surface area contributed by atoms with Crippen LogP contribution >= 0.6 is 0 Å². The van der Waals surface area contributed by atoms with Crippen LogP contribution in [0.1, 0.15) is 80.4 Å². The number of nitrogens with zero attached hydrogens (tertiary/aromatic N) is 5. The summed E-state index contributed by atoms with van der Waals surface area (Å²) >= 11 is 0. The summed E-state index contributed by atoms with van der Waals surface area (Å²) in [5.74, 6) is 1.22. The molecule has 51 heavy (non-hydrogen) atoms. The van der Waals surface area contributed by atoms with Crippen molar-refractivity contribution in [2.45, 2.75) is 88.5 Å². The van der Waals surface area contributed by atoms with E-state index in [2.05, 4.69) is 45.4 Å². The van der Waals surface area contributed by atoms with Crippen LogP contribution in [-0.2, 0) is 25.5 Å². The van der Waals surface area contributed by atoms with Crippen molar-refractivity contribution in [1.29, 1.82) is 0 Å². The maximum absolute atomic E-state index is 11.6. The van der Waals surface area contributed by atoms with Gasteiger partial charge in [0.1, 0.15) is 6.10 Å². The van der Waals surface area contributed by atoms with Crippen LogP contribution in [0.2, 0.25) is 0 Å². The number of anilines is 2. The minimum absolute atomic E-state index is 0.0110. The first kappa shape index (κ1) is 34.1. The molecule has 1 amide bonds. The molecule has 2 aromatic carbocycles. The van der Waals surface area contributed by atoms with E-state index in [1.165, 1.54) is 0 Å². The summed E-state index contributed by atoms with van der Waals surface area (Å²) in [7, 11) is 0. The molecule has 1 saturated heterocycles. The third-order valence-corrected chi connectivity index (χ3v) is 9.69. The second kappa shape index (κ2) is 15.3. The number of ether oxygens (including phenoxy) is 2. The van der Waals surface area contributed by atoms with Gasteiger partial charge in [-0.25, -0.2) is 4.98 Å². The lowest BCUT2D eigenvalue weighted by atomic mass is 9.91. The van der Waals surface area contributed by atoms with E-state index in [-0.39, 0.29) is 23.9 Å². The summed E-state index contributed by atoms with van der Waals surface area (Å²) < 4.78 is 18.8. The van der Waals surface area contributed by atoms with Gasteiger partial charge in [0.05, 0.1) is 12.0 Å². The van der Waals surface area contributed by atoms with Crippen molar-refractivity contribution < 1.29 is 28.7 Å². The minimum Gasteiger partial charge on any atom is -0.458 e. The summed E-state index contributed by atoms with van der Waals surface area (Å²) in [6.07, 6.45) is 1.24. The fourth-order valence-corrected chi connectivity index (χ4v) is 7.09. The zero-order valence-corrected chi connectivity index (χ0v) is 28.5. The van der Waals surface area contributed by atoms with Gasteiger partial charge in [0.15, 0.2) is 41.2 Å². The number of amides is 1. The number of fused-ring (bicyclic) bond motifs is 1. The number of hydrogen-bond donors (Lipinski definition) is 4. The molecule has 1 saturated carbocycles. The molecule has 14 heteroatoms. The summed E-state index contributed by atoms with van der Waals surface area (Å²) in [6, 6.07) is 22.5. The average molecular weight is 695 g/mol. The highest BCUT2D eigenvalue weighted by Crippen LogP contribution is 2.42. The van der Waals surface area contributed by atoms with Crippen LogP contribution in [0.5, 0.6) is 0 Å². The number of carbonyl (C=O) groups excluding carboxylic acids is 2. The minimum atomic E-state index is -1.28. The number of hydrogen-bond acceptors (Lipinski definition) is 12. The van der Waals surface area contributed by atoms with Gasteiger partial charge in [-0.1, -0.05) is 72.7 Å². The topological polar surface area (TPSA) is 179 Å². The standard InChI is InChI=1S/C37H42N8O6/c1-3-25-18-29(51-44-25)32-33(49-21-46)31(48)36(50-32)45-20-39-30-34(38-19-28(23-10-6-4-7-11-23)24-12-8-5-9-13-24)42-37(43-35(30)45)41-27-16-14-26(15-17-27)40-22(2)47/h4-13,18,20-21,26-28,31-33,36,48H,3,14-17,19H2,1-2H3,(H,40,47)(H2,38,41,42,43)/t26?,27?,31-,32-,33+,36-/m1/s1. The summed E-state index contributed by atoms with van der Waals surface area (Å²) in [4.78, 5) is 37.7. The number of carbonyl (C=O) groups is 2. The molecule has 2 fully saturated rings. The van der Waals surface area contributed by atoms with E-state index in [9.17, 15) is 14.7 Å². The number of aromatic nitrogens is 5. The summed E-state index contributed by atoms with van der Waals surface area (Å²) in [5, 5.41) is 25.7. The first-order valence-electron chi connectivity index (χ1n) is 17.4. The molecule has 0 bridgehead atoms. The predicted molar refractivity (Wildman–Crippen MR) is 188 cm³/mol. The number of aliphatic hydroxyl groups is 1. The Morgan fingerprint density at radius 3 is 2.35 bits per heavy atom. The molecule has 266 valence electrons.